The van der Waals surface area contributed by atoms with Gasteiger partial charge in [-0.15, -0.1) is 11.3 Å². The summed E-state index contributed by atoms with van der Waals surface area (Å²) < 4.78 is 12.1. The SMILES string of the molecule is CNC(=O)OCCC(OCc1cccc(Br)c1)c1cccs1. The maximum Gasteiger partial charge on any atom is 0.406 e. The number of hydrogen-bond donors (Lipinski definition) is 1. The lowest BCUT2D eigenvalue weighted by Gasteiger charge is -2.17. The van der Waals surface area contributed by atoms with Gasteiger partial charge in [0.2, 0.25) is 0 Å². The molecular formula is C16H18BrNO3S. The predicted octanol–water partition coefficient (Wildman–Crippen LogP) is 4.51. The molecule has 0 saturated heterocycles. The Hall–Kier alpha value is -1.37. The minimum atomic E-state index is -0.420. The number of carbonyl (C=O) groups excluding carboxylic acids is 1. The van der Waals surface area contributed by atoms with Gasteiger partial charge < -0.3 is 14.8 Å². The van der Waals surface area contributed by atoms with Gasteiger partial charge in [-0.2, -0.15) is 0 Å². The first-order chi connectivity index (χ1) is 10.7. The summed E-state index contributed by atoms with van der Waals surface area (Å²) in [5.74, 6) is 0. The molecular weight excluding hydrogens is 366 g/mol. The van der Waals surface area contributed by atoms with Gasteiger partial charge in [0.05, 0.1) is 19.3 Å². The van der Waals surface area contributed by atoms with E-state index in [2.05, 4.69) is 21.2 Å². The smallest absolute Gasteiger partial charge is 0.406 e. The van der Waals surface area contributed by atoms with Crippen molar-refractivity contribution >= 4 is 33.4 Å². The van der Waals surface area contributed by atoms with Crippen LogP contribution in [0.5, 0.6) is 0 Å². The van der Waals surface area contributed by atoms with Gasteiger partial charge >= 0.3 is 6.09 Å². The fraction of sp³-hybridized carbons (Fsp3) is 0.312. The van der Waals surface area contributed by atoms with Crippen LogP contribution < -0.4 is 5.32 Å². The van der Waals surface area contributed by atoms with Gasteiger partial charge in [-0.3, -0.25) is 0 Å². The second-order valence-corrected chi connectivity index (χ2v) is 6.51. The molecule has 1 amide bonds. The number of halogens is 1. The van der Waals surface area contributed by atoms with Crippen LogP contribution in [0.2, 0.25) is 0 Å². The Morgan fingerprint density at radius 1 is 1.36 bits per heavy atom. The summed E-state index contributed by atoms with van der Waals surface area (Å²) in [6.45, 7) is 0.836. The Labute approximate surface area is 142 Å². The maximum absolute atomic E-state index is 11.1. The Morgan fingerprint density at radius 2 is 2.23 bits per heavy atom. The van der Waals surface area contributed by atoms with E-state index < -0.39 is 6.09 Å². The largest absolute Gasteiger partial charge is 0.449 e. The molecule has 1 atom stereocenters. The Balaban J connectivity index is 1.92. The summed E-state index contributed by atoms with van der Waals surface area (Å²) in [6, 6.07) is 12.1. The van der Waals surface area contributed by atoms with Crippen molar-refractivity contribution in [3.63, 3.8) is 0 Å². The molecule has 6 heteroatoms. The van der Waals surface area contributed by atoms with E-state index in [0.717, 1.165) is 14.9 Å². The normalized spacial score (nSPS) is 11.9. The maximum atomic E-state index is 11.1. The number of amides is 1. The van der Waals surface area contributed by atoms with Crippen molar-refractivity contribution < 1.29 is 14.3 Å². The first kappa shape index (κ1) is 17.0. The summed E-state index contributed by atoms with van der Waals surface area (Å²) in [6.07, 6.45) is 0.127. The summed E-state index contributed by atoms with van der Waals surface area (Å²) in [7, 11) is 1.54. The van der Waals surface area contributed by atoms with E-state index in [1.54, 1.807) is 18.4 Å². The molecule has 0 aliphatic rings. The first-order valence-electron chi connectivity index (χ1n) is 6.93. The molecule has 1 aromatic heterocycles. The van der Waals surface area contributed by atoms with Crippen molar-refractivity contribution in [2.24, 2.45) is 0 Å². The lowest BCUT2D eigenvalue weighted by atomic mass is 10.2. The van der Waals surface area contributed by atoms with Crippen LogP contribution in [0.25, 0.3) is 0 Å². The summed E-state index contributed by atoms with van der Waals surface area (Å²) in [5.41, 5.74) is 1.10. The molecule has 0 fully saturated rings. The molecule has 1 N–H and O–H groups in total. The van der Waals surface area contributed by atoms with Gasteiger partial charge in [-0.25, -0.2) is 4.79 Å². The van der Waals surface area contributed by atoms with Gasteiger partial charge in [-0.1, -0.05) is 34.1 Å². The van der Waals surface area contributed by atoms with Crippen LogP contribution >= 0.6 is 27.3 Å². The summed E-state index contributed by atoms with van der Waals surface area (Å²) in [5, 5.41) is 4.45. The second kappa shape index (κ2) is 8.92. The van der Waals surface area contributed by atoms with E-state index >= 15 is 0 Å². The molecule has 2 aromatic rings. The molecule has 0 spiro atoms. The highest BCUT2D eigenvalue weighted by Gasteiger charge is 2.14. The van der Waals surface area contributed by atoms with Crippen LogP contribution in [0, 0.1) is 0 Å². The highest BCUT2D eigenvalue weighted by atomic mass is 79.9. The molecule has 2 rings (SSSR count). The number of thiophene rings is 1. The lowest BCUT2D eigenvalue weighted by Crippen LogP contribution is -2.20. The number of hydrogen-bond acceptors (Lipinski definition) is 4. The average molecular weight is 384 g/mol. The van der Waals surface area contributed by atoms with Crippen LogP contribution in [0.3, 0.4) is 0 Å². The van der Waals surface area contributed by atoms with Crippen molar-refractivity contribution in [3.05, 3.63) is 56.7 Å². The lowest BCUT2D eigenvalue weighted by molar-refractivity contribution is 0.0221. The molecule has 4 nitrogen and oxygen atoms in total. The fourth-order valence-electron chi connectivity index (χ4n) is 1.94. The summed E-state index contributed by atoms with van der Waals surface area (Å²) in [4.78, 5) is 12.3. The van der Waals surface area contributed by atoms with E-state index in [1.807, 2.05) is 41.8 Å². The molecule has 1 unspecified atom stereocenters. The van der Waals surface area contributed by atoms with Crippen molar-refractivity contribution in [1.29, 1.82) is 0 Å². The number of rotatable bonds is 7. The molecule has 0 radical (unpaired) electrons. The second-order valence-electron chi connectivity index (χ2n) is 4.62. The van der Waals surface area contributed by atoms with Crippen LogP contribution in [0.1, 0.15) is 23.0 Å². The first-order valence-corrected chi connectivity index (χ1v) is 8.60. The number of ether oxygens (including phenoxy) is 2. The Morgan fingerprint density at radius 3 is 2.91 bits per heavy atom. The van der Waals surface area contributed by atoms with Gasteiger partial charge in [0.25, 0.3) is 0 Å². The van der Waals surface area contributed by atoms with Crippen LogP contribution in [-0.2, 0) is 16.1 Å². The standard InChI is InChI=1S/C16H18BrNO3S/c1-18-16(19)20-8-7-14(15-6-3-9-22-15)21-11-12-4-2-5-13(17)10-12/h2-6,9-10,14H,7-8,11H2,1H3,(H,18,19). The van der Waals surface area contributed by atoms with E-state index in [-0.39, 0.29) is 6.10 Å². The van der Waals surface area contributed by atoms with Crippen molar-refractivity contribution in [2.75, 3.05) is 13.7 Å². The van der Waals surface area contributed by atoms with Crippen LogP contribution in [0.15, 0.2) is 46.3 Å². The molecule has 0 aliphatic carbocycles. The average Bonchev–Trinajstić information content (AvgIpc) is 3.04. The minimum Gasteiger partial charge on any atom is -0.449 e. The van der Waals surface area contributed by atoms with Crippen molar-refractivity contribution in [2.45, 2.75) is 19.1 Å². The van der Waals surface area contributed by atoms with E-state index in [1.165, 1.54) is 0 Å². The molecule has 1 aromatic carbocycles. The van der Waals surface area contributed by atoms with Gasteiger partial charge in [0.1, 0.15) is 0 Å². The number of benzene rings is 1. The molecule has 0 bridgehead atoms. The van der Waals surface area contributed by atoms with E-state index in [4.69, 9.17) is 9.47 Å². The van der Waals surface area contributed by atoms with Gasteiger partial charge in [-0.05, 0) is 29.1 Å². The predicted molar refractivity (Wildman–Crippen MR) is 91.0 cm³/mol. The zero-order valence-corrected chi connectivity index (χ0v) is 14.7. The monoisotopic (exact) mass is 383 g/mol. The Bertz CT molecular complexity index is 589. The zero-order chi connectivity index (χ0) is 15.8. The Kier molecular flexibility index (Phi) is 6.89. The van der Waals surface area contributed by atoms with Gasteiger partial charge in [0, 0.05) is 22.8 Å². The van der Waals surface area contributed by atoms with E-state index in [9.17, 15) is 4.79 Å². The number of carbonyl (C=O) groups is 1. The third kappa shape index (κ3) is 5.44. The zero-order valence-electron chi connectivity index (χ0n) is 12.3. The van der Waals surface area contributed by atoms with Crippen molar-refractivity contribution in [1.82, 2.24) is 5.32 Å². The highest BCUT2D eigenvalue weighted by molar-refractivity contribution is 9.10. The quantitative estimate of drug-likeness (QED) is 0.764. The fourth-order valence-corrected chi connectivity index (χ4v) is 3.19. The molecule has 118 valence electrons. The summed E-state index contributed by atoms with van der Waals surface area (Å²) >= 11 is 5.10. The van der Waals surface area contributed by atoms with E-state index in [0.29, 0.717) is 19.6 Å². The van der Waals surface area contributed by atoms with Crippen LogP contribution in [-0.4, -0.2) is 19.7 Å². The van der Waals surface area contributed by atoms with Crippen molar-refractivity contribution in [3.8, 4) is 0 Å². The third-order valence-corrected chi connectivity index (χ3v) is 4.48. The van der Waals surface area contributed by atoms with Gasteiger partial charge in [0.15, 0.2) is 0 Å². The molecule has 0 aliphatic heterocycles. The highest BCUT2D eigenvalue weighted by Crippen LogP contribution is 2.27. The van der Waals surface area contributed by atoms with Crippen LogP contribution in [0.4, 0.5) is 4.79 Å². The number of alkyl carbamates (subject to hydrolysis) is 1. The topological polar surface area (TPSA) is 47.6 Å². The molecule has 1 heterocycles. The third-order valence-electron chi connectivity index (χ3n) is 3.02. The molecule has 22 heavy (non-hydrogen) atoms. The minimum absolute atomic E-state index is 0.0800. The number of nitrogens with one attached hydrogen (secondary N) is 1. The molecule has 0 saturated carbocycles.